The van der Waals surface area contributed by atoms with Crippen LogP contribution in [0, 0.1) is 16.7 Å². The molecule has 2 aliphatic heterocycles. The van der Waals surface area contributed by atoms with Crippen LogP contribution in [0.25, 0.3) is 0 Å². The Morgan fingerprint density at radius 3 is 2.94 bits per heavy atom. The number of halogens is 1. The Kier molecular flexibility index (Phi) is 2.93. The lowest BCUT2D eigenvalue weighted by Crippen LogP contribution is -2.29. The van der Waals surface area contributed by atoms with Gasteiger partial charge < -0.3 is 10.2 Å². The molecule has 0 aliphatic carbocycles. The third-order valence-electron chi connectivity index (χ3n) is 4.21. The second kappa shape index (κ2) is 4.46. The molecule has 1 unspecified atom stereocenters. The minimum atomic E-state index is 0.459. The van der Waals surface area contributed by atoms with Gasteiger partial charge in [-0.05, 0) is 37.6 Å². The molecular weight excluding hydrogens is 246 g/mol. The van der Waals surface area contributed by atoms with E-state index >= 15 is 0 Å². The average Bonchev–Trinajstić information content (AvgIpc) is 3.00. The summed E-state index contributed by atoms with van der Waals surface area (Å²) in [5.74, 6) is 0. The fourth-order valence-electron chi connectivity index (χ4n) is 3.09. The van der Waals surface area contributed by atoms with Crippen LogP contribution in [0.3, 0.4) is 0 Å². The predicted molar refractivity (Wildman–Crippen MR) is 72.9 cm³/mol. The van der Waals surface area contributed by atoms with Gasteiger partial charge in [0.25, 0.3) is 0 Å². The molecule has 1 atom stereocenters. The van der Waals surface area contributed by atoms with Crippen molar-refractivity contribution in [2.45, 2.75) is 12.8 Å². The summed E-state index contributed by atoms with van der Waals surface area (Å²) in [7, 11) is 0. The molecule has 2 heterocycles. The van der Waals surface area contributed by atoms with Gasteiger partial charge in [-0.25, -0.2) is 0 Å². The Balaban J connectivity index is 1.80. The summed E-state index contributed by atoms with van der Waals surface area (Å²) in [6.07, 6.45) is 2.52. The highest BCUT2D eigenvalue weighted by atomic mass is 35.5. The number of rotatable bonds is 1. The van der Waals surface area contributed by atoms with E-state index in [1.54, 1.807) is 0 Å². The fourth-order valence-corrected chi connectivity index (χ4v) is 3.31. The first-order chi connectivity index (χ1) is 8.72. The normalized spacial score (nSPS) is 26.8. The van der Waals surface area contributed by atoms with E-state index in [0.29, 0.717) is 16.0 Å². The molecule has 0 aromatic heterocycles. The minimum absolute atomic E-state index is 0.459. The van der Waals surface area contributed by atoms with Crippen molar-refractivity contribution in [3.8, 4) is 6.07 Å². The van der Waals surface area contributed by atoms with E-state index < -0.39 is 0 Å². The van der Waals surface area contributed by atoms with E-state index in [-0.39, 0.29) is 0 Å². The molecule has 1 aromatic rings. The van der Waals surface area contributed by atoms with Gasteiger partial charge in [0.15, 0.2) is 0 Å². The highest BCUT2D eigenvalue weighted by Crippen LogP contribution is 2.38. The van der Waals surface area contributed by atoms with Crippen LogP contribution in [-0.4, -0.2) is 26.2 Å². The lowest BCUT2D eigenvalue weighted by Gasteiger charge is -2.24. The molecule has 2 aliphatic rings. The van der Waals surface area contributed by atoms with Crippen molar-refractivity contribution in [3.63, 3.8) is 0 Å². The van der Waals surface area contributed by atoms with Crippen LogP contribution in [-0.2, 0) is 0 Å². The zero-order valence-electron chi connectivity index (χ0n) is 10.2. The molecule has 94 valence electrons. The average molecular weight is 262 g/mol. The molecule has 0 radical (unpaired) electrons. The van der Waals surface area contributed by atoms with Crippen LogP contribution in [0.1, 0.15) is 18.4 Å². The molecule has 2 fully saturated rings. The SMILES string of the molecule is N#Cc1ccc(N2CCC3(CCNC3)C2)cc1Cl. The standard InChI is InChI=1S/C14H16ClN3/c15-13-7-12(2-1-11(13)8-16)18-6-4-14(10-18)3-5-17-9-14/h1-2,7,17H,3-6,9-10H2. The number of anilines is 1. The summed E-state index contributed by atoms with van der Waals surface area (Å²) in [5.41, 5.74) is 2.15. The minimum Gasteiger partial charge on any atom is -0.371 e. The maximum absolute atomic E-state index is 8.89. The summed E-state index contributed by atoms with van der Waals surface area (Å²) >= 11 is 6.10. The van der Waals surface area contributed by atoms with E-state index in [2.05, 4.69) is 16.3 Å². The Labute approximate surface area is 112 Å². The second-order valence-corrected chi connectivity index (χ2v) is 5.78. The Morgan fingerprint density at radius 1 is 1.39 bits per heavy atom. The van der Waals surface area contributed by atoms with Crippen molar-refractivity contribution in [2.75, 3.05) is 31.1 Å². The topological polar surface area (TPSA) is 39.1 Å². The number of benzene rings is 1. The molecule has 0 saturated carbocycles. The Bertz CT molecular complexity index is 500. The van der Waals surface area contributed by atoms with Crippen molar-refractivity contribution in [1.82, 2.24) is 5.32 Å². The third-order valence-corrected chi connectivity index (χ3v) is 4.52. The Morgan fingerprint density at radius 2 is 2.28 bits per heavy atom. The molecule has 4 heteroatoms. The van der Waals surface area contributed by atoms with Gasteiger partial charge in [-0.1, -0.05) is 11.6 Å². The van der Waals surface area contributed by atoms with Crippen molar-refractivity contribution in [1.29, 1.82) is 5.26 Å². The van der Waals surface area contributed by atoms with E-state index in [4.69, 9.17) is 16.9 Å². The summed E-state index contributed by atoms with van der Waals surface area (Å²) in [6, 6.07) is 7.84. The molecule has 3 rings (SSSR count). The number of hydrogen-bond donors (Lipinski definition) is 1. The highest BCUT2D eigenvalue weighted by molar-refractivity contribution is 6.32. The maximum Gasteiger partial charge on any atom is 0.101 e. The van der Waals surface area contributed by atoms with Crippen molar-refractivity contribution in [3.05, 3.63) is 28.8 Å². The molecule has 0 bridgehead atoms. The van der Waals surface area contributed by atoms with Gasteiger partial charge in [-0.3, -0.25) is 0 Å². The van der Waals surface area contributed by atoms with E-state index in [1.165, 1.54) is 12.8 Å². The summed E-state index contributed by atoms with van der Waals surface area (Å²) in [6.45, 7) is 4.46. The van der Waals surface area contributed by atoms with Gasteiger partial charge in [0.05, 0.1) is 10.6 Å². The van der Waals surface area contributed by atoms with Crippen LogP contribution in [0.5, 0.6) is 0 Å². The van der Waals surface area contributed by atoms with Crippen LogP contribution in [0.4, 0.5) is 5.69 Å². The van der Waals surface area contributed by atoms with Crippen molar-refractivity contribution < 1.29 is 0 Å². The van der Waals surface area contributed by atoms with Crippen LogP contribution in [0.2, 0.25) is 5.02 Å². The molecule has 18 heavy (non-hydrogen) atoms. The van der Waals surface area contributed by atoms with E-state index in [1.807, 2.05) is 18.2 Å². The molecule has 0 amide bonds. The van der Waals surface area contributed by atoms with Crippen molar-refractivity contribution >= 4 is 17.3 Å². The summed E-state index contributed by atoms with van der Waals surface area (Å²) in [5, 5.41) is 12.9. The number of hydrogen-bond acceptors (Lipinski definition) is 3. The number of nitrogens with zero attached hydrogens (tertiary/aromatic N) is 2. The van der Waals surface area contributed by atoms with Crippen LogP contribution in [0.15, 0.2) is 18.2 Å². The quantitative estimate of drug-likeness (QED) is 0.844. The number of nitrogens with one attached hydrogen (secondary N) is 1. The second-order valence-electron chi connectivity index (χ2n) is 5.37. The highest BCUT2D eigenvalue weighted by Gasteiger charge is 2.40. The van der Waals surface area contributed by atoms with Gasteiger partial charge in [0.1, 0.15) is 6.07 Å². The smallest absolute Gasteiger partial charge is 0.101 e. The maximum atomic E-state index is 8.89. The fraction of sp³-hybridized carbons (Fsp3) is 0.500. The van der Waals surface area contributed by atoms with Crippen LogP contribution >= 0.6 is 11.6 Å². The molecule has 1 spiro atoms. The third kappa shape index (κ3) is 1.96. The largest absolute Gasteiger partial charge is 0.371 e. The zero-order chi connectivity index (χ0) is 12.6. The number of nitriles is 1. The zero-order valence-corrected chi connectivity index (χ0v) is 11.0. The van der Waals surface area contributed by atoms with Gasteiger partial charge in [-0.15, -0.1) is 0 Å². The Hall–Kier alpha value is -1.24. The lowest BCUT2D eigenvalue weighted by atomic mass is 9.86. The van der Waals surface area contributed by atoms with E-state index in [0.717, 1.165) is 31.9 Å². The lowest BCUT2D eigenvalue weighted by molar-refractivity contribution is 0.369. The molecule has 3 nitrogen and oxygen atoms in total. The predicted octanol–water partition coefficient (Wildman–Crippen LogP) is 2.40. The molecule has 1 N–H and O–H groups in total. The van der Waals surface area contributed by atoms with Gasteiger partial charge in [-0.2, -0.15) is 5.26 Å². The molecule has 2 saturated heterocycles. The van der Waals surface area contributed by atoms with Gasteiger partial charge in [0.2, 0.25) is 0 Å². The van der Waals surface area contributed by atoms with Gasteiger partial charge in [0, 0.05) is 30.7 Å². The monoisotopic (exact) mass is 261 g/mol. The summed E-state index contributed by atoms with van der Waals surface area (Å²) < 4.78 is 0. The van der Waals surface area contributed by atoms with Crippen LogP contribution < -0.4 is 10.2 Å². The first kappa shape index (κ1) is 11.8. The molecule has 1 aromatic carbocycles. The molecular formula is C14H16ClN3. The summed E-state index contributed by atoms with van der Waals surface area (Å²) in [4.78, 5) is 2.39. The first-order valence-electron chi connectivity index (χ1n) is 6.38. The van der Waals surface area contributed by atoms with Crippen molar-refractivity contribution in [2.24, 2.45) is 5.41 Å². The first-order valence-corrected chi connectivity index (χ1v) is 6.76. The van der Waals surface area contributed by atoms with Gasteiger partial charge >= 0.3 is 0 Å². The van der Waals surface area contributed by atoms with E-state index in [9.17, 15) is 0 Å².